The number of alkyl halides is 1. The lowest BCUT2D eigenvalue weighted by molar-refractivity contribution is 0.174. The van der Waals surface area contributed by atoms with E-state index in [4.69, 9.17) is 13.6 Å². The van der Waals surface area contributed by atoms with Gasteiger partial charge in [-0.15, -0.1) is 6.58 Å². The quantitative estimate of drug-likeness (QED) is 0.403. The first kappa shape index (κ1) is 15.4. The lowest BCUT2D eigenvalue weighted by Gasteiger charge is -2.17. The predicted octanol–water partition coefficient (Wildman–Crippen LogP) is 4.31. The molecule has 0 aromatic heterocycles. The van der Waals surface area contributed by atoms with Crippen LogP contribution >= 0.6 is 23.8 Å². The molecular weight excluding hydrogens is 319 g/mol. The number of hydrogen-bond acceptors (Lipinski definition) is 4. The molecule has 0 saturated heterocycles. The molecule has 4 nitrogen and oxygen atoms in total. The normalized spacial score (nSPS) is 13.9. The van der Waals surface area contributed by atoms with E-state index < -0.39 is 7.82 Å². The lowest BCUT2D eigenvalue weighted by atomic mass is 10.2. The minimum absolute atomic E-state index is 0.108. The zero-order valence-electron chi connectivity index (χ0n) is 10.2. The van der Waals surface area contributed by atoms with E-state index in [9.17, 15) is 4.57 Å². The minimum Gasteiger partial charge on any atom is -0.404 e. The second-order valence-corrected chi connectivity index (χ2v) is 5.47. The summed E-state index contributed by atoms with van der Waals surface area (Å²) in [6.45, 7) is 5.57. The molecule has 0 radical (unpaired) electrons. The molecule has 0 N–H and O–H groups in total. The first-order chi connectivity index (χ1) is 8.63. The van der Waals surface area contributed by atoms with Gasteiger partial charge in [0.15, 0.2) is 0 Å². The summed E-state index contributed by atoms with van der Waals surface area (Å²) in [5, 5.41) is 0.753. The third-order valence-electron chi connectivity index (χ3n) is 1.93. The molecule has 0 amide bonds. The molecule has 0 bridgehead atoms. The highest BCUT2D eigenvalue weighted by Crippen LogP contribution is 2.49. The molecule has 0 aliphatic rings. The van der Waals surface area contributed by atoms with Gasteiger partial charge < -0.3 is 4.52 Å². The summed E-state index contributed by atoms with van der Waals surface area (Å²) in [5.74, 6) is 0.445. The Hall–Kier alpha value is -0.610. The predicted molar refractivity (Wildman–Crippen MR) is 75.1 cm³/mol. The highest BCUT2D eigenvalue weighted by Gasteiger charge is 2.27. The Morgan fingerprint density at radius 3 is 2.50 bits per heavy atom. The maximum absolute atomic E-state index is 12.2. The van der Waals surface area contributed by atoms with Crippen molar-refractivity contribution in [2.24, 2.45) is 0 Å². The molecule has 0 aliphatic heterocycles. The zero-order valence-corrected chi connectivity index (χ0v) is 12.7. The van der Waals surface area contributed by atoms with Gasteiger partial charge >= 0.3 is 7.82 Å². The van der Waals surface area contributed by atoms with Crippen molar-refractivity contribution >= 4 is 23.8 Å². The fourth-order valence-corrected chi connectivity index (χ4v) is 2.70. The minimum atomic E-state index is -3.56. The van der Waals surface area contributed by atoms with Crippen molar-refractivity contribution in [3.8, 4) is 5.75 Å². The Balaban J connectivity index is 2.75. The van der Waals surface area contributed by atoms with E-state index in [2.05, 4.69) is 22.5 Å². The molecule has 1 unspecified atom stereocenters. The van der Waals surface area contributed by atoms with Crippen LogP contribution in [-0.2, 0) is 18.9 Å². The SMILES string of the molecule is C=CCOP(=O)(OCC)Oc1ccc(CBr)cc1. The summed E-state index contributed by atoms with van der Waals surface area (Å²) in [4.78, 5) is 0. The van der Waals surface area contributed by atoms with Gasteiger partial charge in [0.2, 0.25) is 0 Å². The van der Waals surface area contributed by atoms with Crippen LogP contribution in [-0.4, -0.2) is 13.2 Å². The zero-order chi connectivity index (χ0) is 13.4. The van der Waals surface area contributed by atoms with Crippen molar-refractivity contribution in [1.29, 1.82) is 0 Å². The summed E-state index contributed by atoms with van der Waals surface area (Å²) in [5.41, 5.74) is 1.10. The second kappa shape index (κ2) is 7.74. The number of phosphoric ester groups is 1. The first-order valence-corrected chi connectivity index (χ1v) is 8.06. The smallest absolute Gasteiger partial charge is 0.404 e. The molecule has 100 valence electrons. The van der Waals surface area contributed by atoms with Crippen LogP contribution < -0.4 is 4.52 Å². The Labute approximate surface area is 116 Å². The van der Waals surface area contributed by atoms with Crippen LogP contribution in [0.2, 0.25) is 0 Å². The Bertz CT molecular complexity index is 419. The fraction of sp³-hybridized carbons (Fsp3) is 0.333. The Kier molecular flexibility index (Phi) is 6.65. The highest BCUT2D eigenvalue weighted by molar-refractivity contribution is 9.08. The van der Waals surface area contributed by atoms with E-state index in [1.807, 2.05) is 12.1 Å². The second-order valence-electron chi connectivity index (χ2n) is 3.32. The van der Waals surface area contributed by atoms with Gasteiger partial charge in [0.05, 0.1) is 13.2 Å². The van der Waals surface area contributed by atoms with Gasteiger partial charge in [-0.3, -0.25) is 9.05 Å². The summed E-state index contributed by atoms with van der Waals surface area (Å²) < 4.78 is 27.6. The molecule has 1 aromatic carbocycles. The molecule has 1 atom stereocenters. The van der Waals surface area contributed by atoms with Crippen molar-refractivity contribution in [3.05, 3.63) is 42.5 Å². The molecule has 0 saturated carbocycles. The number of rotatable bonds is 8. The van der Waals surface area contributed by atoms with E-state index in [0.717, 1.165) is 10.9 Å². The van der Waals surface area contributed by atoms with E-state index >= 15 is 0 Å². The van der Waals surface area contributed by atoms with Crippen molar-refractivity contribution in [2.75, 3.05) is 13.2 Å². The molecule has 0 fully saturated rings. The summed E-state index contributed by atoms with van der Waals surface area (Å²) in [6.07, 6.45) is 1.49. The van der Waals surface area contributed by atoms with Crippen LogP contribution in [0.1, 0.15) is 12.5 Å². The Morgan fingerprint density at radius 2 is 2.00 bits per heavy atom. The van der Waals surface area contributed by atoms with Gasteiger partial charge in [0.25, 0.3) is 0 Å². The molecular formula is C12H16BrO4P. The molecule has 0 aliphatic carbocycles. The fourth-order valence-electron chi connectivity index (χ4n) is 1.16. The first-order valence-electron chi connectivity index (χ1n) is 5.48. The summed E-state index contributed by atoms with van der Waals surface area (Å²) in [6, 6.07) is 7.18. The van der Waals surface area contributed by atoms with Crippen molar-refractivity contribution in [1.82, 2.24) is 0 Å². The Morgan fingerprint density at radius 1 is 1.33 bits per heavy atom. The van der Waals surface area contributed by atoms with Gasteiger partial charge in [-0.25, -0.2) is 4.57 Å². The largest absolute Gasteiger partial charge is 0.530 e. The maximum atomic E-state index is 12.2. The van der Waals surface area contributed by atoms with E-state index in [0.29, 0.717) is 5.75 Å². The molecule has 0 heterocycles. The maximum Gasteiger partial charge on any atom is 0.530 e. The molecule has 6 heteroatoms. The third kappa shape index (κ3) is 4.94. The van der Waals surface area contributed by atoms with Gasteiger partial charge in [-0.1, -0.05) is 34.1 Å². The topological polar surface area (TPSA) is 44.8 Å². The van der Waals surface area contributed by atoms with Crippen LogP contribution in [0.25, 0.3) is 0 Å². The van der Waals surface area contributed by atoms with Crippen molar-refractivity contribution in [2.45, 2.75) is 12.3 Å². The average molecular weight is 335 g/mol. The van der Waals surface area contributed by atoms with Crippen LogP contribution in [0, 0.1) is 0 Å². The van der Waals surface area contributed by atoms with E-state index in [1.165, 1.54) is 6.08 Å². The van der Waals surface area contributed by atoms with Gasteiger partial charge in [-0.2, -0.15) is 0 Å². The van der Waals surface area contributed by atoms with E-state index in [-0.39, 0.29) is 13.2 Å². The van der Waals surface area contributed by atoms with Crippen LogP contribution in [0.3, 0.4) is 0 Å². The van der Waals surface area contributed by atoms with Gasteiger partial charge in [0, 0.05) is 5.33 Å². The van der Waals surface area contributed by atoms with Crippen LogP contribution in [0.4, 0.5) is 0 Å². The lowest BCUT2D eigenvalue weighted by Crippen LogP contribution is -2.02. The number of phosphoric acid groups is 1. The highest BCUT2D eigenvalue weighted by atomic mass is 79.9. The number of benzene rings is 1. The van der Waals surface area contributed by atoms with Crippen LogP contribution in [0.15, 0.2) is 36.9 Å². The summed E-state index contributed by atoms with van der Waals surface area (Å²) >= 11 is 3.35. The van der Waals surface area contributed by atoms with Crippen molar-refractivity contribution < 1.29 is 18.1 Å². The molecule has 1 aromatic rings. The van der Waals surface area contributed by atoms with E-state index in [1.54, 1.807) is 19.1 Å². The monoisotopic (exact) mass is 334 g/mol. The third-order valence-corrected chi connectivity index (χ3v) is 4.05. The van der Waals surface area contributed by atoms with Crippen LogP contribution in [0.5, 0.6) is 5.75 Å². The van der Waals surface area contributed by atoms with Gasteiger partial charge in [-0.05, 0) is 24.6 Å². The van der Waals surface area contributed by atoms with Gasteiger partial charge in [0.1, 0.15) is 5.75 Å². The average Bonchev–Trinajstić information content (AvgIpc) is 2.38. The standard InChI is InChI=1S/C12H16BrO4P/c1-3-9-16-18(14,15-4-2)17-12-7-5-11(10-13)6-8-12/h3,5-8H,1,4,9-10H2,2H3. The molecule has 18 heavy (non-hydrogen) atoms. The molecule has 0 spiro atoms. The van der Waals surface area contributed by atoms with Crippen molar-refractivity contribution in [3.63, 3.8) is 0 Å². The number of hydrogen-bond donors (Lipinski definition) is 0. The molecule has 1 rings (SSSR count). The summed E-state index contributed by atoms with van der Waals surface area (Å²) in [7, 11) is -3.56. The number of halogens is 1.